The highest BCUT2D eigenvalue weighted by Crippen LogP contribution is 2.38. The van der Waals surface area contributed by atoms with Crippen molar-refractivity contribution in [1.82, 2.24) is 4.90 Å². The number of carbonyl (C=O) groups excluding carboxylic acids is 1. The highest BCUT2D eigenvalue weighted by atomic mass is 16.7. The number of para-hydroxylation sites is 1. The Labute approximate surface area is 190 Å². The summed E-state index contributed by atoms with van der Waals surface area (Å²) >= 11 is 0. The highest BCUT2D eigenvalue weighted by Gasteiger charge is 2.28. The predicted octanol–water partition coefficient (Wildman–Crippen LogP) is 2.97. The standard InChI is InChI=1S/C24H25N3O6/c1-12(2)18(13-8-9-16-17(10-13)33-11-32-16)26-20-19(22(29)23(20)30)25-15-7-5-6-14(21(15)28)24(31)27(3)4/h5-10,12,18,25-26,28H,11H2,1-4H3/t18-/m1/s1. The van der Waals surface area contributed by atoms with Crippen molar-refractivity contribution in [3.8, 4) is 17.2 Å². The molecule has 0 saturated carbocycles. The molecule has 3 aromatic carbocycles. The molecule has 4 rings (SSSR count). The average Bonchev–Trinajstić information content (AvgIpc) is 3.26. The topological polar surface area (TPSA) is 117 Å². The number of aromatic hydroxyl groups is 1. The van der Waals surface area contributed by atoms with Crippen LogP contribution in [-0.2, 0) is 0 Å². The van der Waals surface area contributed by atoms with Crippen LogP contribution in [0, 0.1) is 5.92 Å². The number of amides is 1. The Morgan fingerprint density at radius 1 is 1.03 bits per heavy atom. The molecule has 1 aliphatic rings. The van der Waals surface area contributed by atoms with Gasteiger partial charge in [-0.05, 0) is 35.7 Å². The molecule has 0 aliphatic carbocycles. The third-order valence-corrected chi connectivity index (χ3v) is 5.56. The molecule has 0 bridgehead atoms. The molecular weight excluding hydrogens is 426 g/mol. The molecule has 1 heterocycles. The van der Waals surface area contributed by atoms with Gasteiger partial charge in [0.15, 0.2) is 17.2 Å². The Hall–Kier alpha value is -4.01. The van der Waals surface area contributed by atoms with Crippen molar-refractivity contribution in [2.45, 2.75) is 19.9 Å². The Morgan fingerprint density at radius 3 is 2.42 bits per heavy atom. The van der Waals surface area contributed by atoms with E-state index in [0.717, 1.165) is 5.56 Å². The maximum Gasteiger partial charge on any atom is 0.257 e. The molecule has 0 unspecified atom stereocenters. The molecule has 0 spiro atoms. The number of fused-ring (bicyclic) bond motifs is 1. The number of nitrogens with one attached hydrogen (secondary N) is 2. The van der Waals surface area contributed by atoms with E-state index in [4.69, 9.17) is 9.47 Å². The van der Waals surface area contributed by atoms with Crippen LogP contribution in [0.4, 0.5) is 17.1 Å². The molecule has 9 nitrogen and oxygen atoms in total. The molecule has 9 heteroatoms. The van der Waals surface area contributed by atoms with E-state index >= 15 is 0 Å². The SMILES string of the molecule is CC(C)[C@@H](Nc1c(Nc2cccc(C(=O)N(C)C)c2O)c(=O)c1=O)c1ccc2c(c1)OCO2. The zero-order valence-corrected chi connectivity index (χ0v) is 18.8. The molecule has 172 valence electrons. The fourth-order valence-electron chi connectivity index (χ4n) is 3.74. The Bertz CT molecular complexity index is 1290. The molecule has 33 heavy (non-hydrogen) atoms. The van der Waals surface area contributed by atoms with Crippen LogP contribution in [0.25, 0.3) is 0 Å². The lowest BCUT2D eigenvalue weighted by atomic mass is 9.94. The van der Waals surface area contributed by atoms with E-state index in [0.29, 0.717) is 11.5 Å². The van der Waals surface area contributed by atoms with E-state index in [9.17, 15) is 19.5 Å². The Morgan fingerprint density at radius 2 is 1.73 bits per heavy atom. The summed E-state index contributed by atoms with van der Waals surface area (Å²) in [4.78, 5) is 38.4. The number of phenolic OH excluding ortho intramolecular Hbond substituents is 1. The lowest BCUT2D eigenvalue weighted by Crippen LogP contribution is -2.38. The molecular formula is C24H25N3O6. The summed E-state index contributed by atoms with van der Waals surface area (Å²) in [6.45, 7) is 4.13. The van der Waals surface area contributed by atoms with Crippen molar-refractivity contribution in [2.24, 2.45) is 5.92 Å². The second-order valence-electron chi connectivity index (χ2n) is 8.41. The van der Waals surface area contributed by atoms with Crippen LogP contribution in [0.15, 0.2) is 46.0 Å². The highest BCUT2D eigenvalue weighted by molar-refractivity contribution is 5.99. The quantitative estimate of drug-likeness (QED) is 0.371. The van der Waals surface area contributed by atoms with Gasteiger partial charge in [-0.3, -0.25) is 14.4 Å². The molecule has 0 radical (unpaired) electrons. The van der Waals surface area contributed by atoms with E-state index in [1.807, 2.05) is 26.0 Å². The fourth-order valence-corrected chi connectivity index (χ4v) is 3.74. The second kappa shape index (κ2) is 8.50. The third-order valence-electron chi connectivity index (χ3n) is 5.56. The molecule has 1 aliphatic heterocycles. The van der Waals surface area contributed by atoms with Gasteiger partial charge in [-0.1, -0.05) is 26.0 Å². The Balaban J connectivity index is 1.64. The summed E-state index contributed by atoms with van der Waals surface area (Å²) in [5.74, 6) is 0.654. The molecule has 3 N–H and O–H groups in total. The monoisotopic (exact) mass is 451 g/mol. The maximum absolute atomic E-state index is 12.4. The van der Waals surface area contributed by atoms with Crippen molar-refractivity contribution in [3.05, 3.63) is 68.0 Å². The molecule has 3 aromatic rings. The van der Waals surface area contributed by atoms with Crippen LogP contribution in [-0.4, -0.2) is 36.8 Å². The average molecular weight is 451 g/mol. The van der Waals surface area contributed by atoms with Crippen molar-refractivity contribution in [1.29, 1.82) is 0 Å². The van der Waals surface area contributed by atoms with Gasteiger partial charge in [0.1, 0.15) is 11.4 Å². The summed E-state index contributed by atoms with van der Waals surface area (Å²) in [7, 11) is 3.14. The fraction of sp³-hybridized carbons (Fsp3) is 0.292. The van der Waals surface area contributed by atoms with Gasteiger partial charge in [-0.15, -0.1) is 0 Å². The summed E-state index contributed by atoms with van der Waals surface area (Å²) in [5.41, 5.74) is -0.0788. The van der Waals surface area contributed by atoms with Crippen LogP contribution < -0.4 is 31.0 Å². The van der Waals surface area contributed by atoms with E-state index in [2.05, 4.69) is 10.6 Å². The van der Waals surface area contributed by atoms with Gasteiger partial charge in [0, 0.05) is 14.1 Å². The van der Waals surface area contributed by atoms with Crippen molar-refractivity contribution < 1.29 is 19.4 Å². The third kappa shape index (κ3) is 3.97. The number of ether oxygens (including phenoxy) is 2. The van der Waals surface area contributed by atoms with Crippen LogP contribution in [0.2, 0.25) is 0 Å². The first-order chi connectivity index (χ1) is 15.7. The minimum atomic E-state index is -0.700. The molecule has 0 saturated heterocycles. The molecule has 1 atom stereocenters. The zero-order chi connectivity index (χ0) is 23.9. The number of nitrogens with zero attached hydrogens (tertiary/aromatic N) is 1. The number of hydrogen-bond donors (Lipinski definition) is 3. The van der Waals surface area contributed by atoms with Gasteiger partial charge < -0.3 is 30.1 Å². The van der Waals surface area contributed by atoms with Crippen molar-refractivity contribution in [3.63, 3.8) is 0 Å². The van der Waals surface area contributed by atoms with E-state index in [-0.39, 0.29) is 53.0 Å². The first-order valence-electron chi connectivity index (χ1n) is 10.5. The van der Waals surface area contributed by atoms with Crippen LogP contribution in [0.3, 0.4) is 0 Å². The van der Waals surface area contributed by atoms with Crippen LogP contribution in [0.1, 0.15) is 35.8 Å². The summed E-state index contributed by atoms with van der Waals surface area (Å²) in [6.07, 6.45) is 0. The van der Waals surface area contributed by atoms with Gasteiger partial charge >= 0.3 is 0 Å². The lowest BCUT2D eigenvalue weighted by molar-refractivity contribution is 0.0824. The molecule has 0 aromatic heterocycles. The van der Waals surface area contributed by atoms with Gasteiger partial charge in [0.25, 0.3) is 16.8 Å². The maximum atomic E-state index is 12.4. The first-order valence-corrected chi connectivity index (χ1v) is 10.5. The van der Waals surface area contributed by atoms with Gasteiger partial charge in [0.2, 0.25) is 6.79 Å². The number of carbonyl (C=O) groups is 1. The number of anilines is 3. The first kappa shape index (κ1) is 22.2. The van der Waals surface area contributed by atoms with Crippen molar-refractivity contribution in [2.75, 3.05) is 31.5 Å². The van der Waals surface area contributed by atoms with E-state index in [1.165, 1.54) is 17.0 Å². The smallest absolute Gasteiger partial charge is 0.257 e. The molecule has 1 amide bonds. The lowest BCUT2D eigenvalue weighted by Gasteiger charge is -2.26. The zero-order valence-electron chi connectivity index (χ0n) is 18.8. The number of benzene rings is 2. The largest absolute Gasteiger partial charge is 0.505 e. The number of phenols is 1. The van der Waals surface area contributed by atoms with Crippen molar-refractivity contribution >= 4 is 23.0 Å². The number of hydrogen-bond acceptors (Lipinski definition) is 8. The summed E-state index contributed by atoms with van der Waals surface area (Å²) in [5, 5.41) is 16.6. The Kier molecular flexibility index (Phi) is 5.71. The molecule has 0 fully saturated rings. The predicted molar refractivity (Wildman–Crippen MR) is 125 cm³/mol. The second-order valence-corrected chi connectivity index (χ2v) is 8.41. The van der Waals surface area contributed by atoms with Gasteiger partial charge in [-0.25, -0.2) is 0 Å². The number of rotatable bonds is 7. The van der Waals surface area contributed by atoms with E-state index in [1.54, 1.807) is 26.2 Å². The normalized spacial score (nSPS) is 13.2. The van der Waals surface area contributed by atoms with Gasteiger partial charge in [-0.2, -0.15) is 0 Å². The van der Waals surface area contributed by atoms with Crippen LogP contribution >= 0.6 is 0 Å². The summed E-state index contributed by atoms with van der Waals surface area (Å²) in [6, 6.07) is 9.84. The van der Waals surface area contributed by atoms with E-state index < -0.39 is 10.9 Å². The minimum Gasteiger partial charge on any atom is -0.505 e. The van der Waals surface area contributed by atoms with Crippen LogP contribution in [0.5, 0.6) is 17.2 Å². The summed E-state index contributed by atoms with van der Waals surface area (Å²) < 4.78 is 10.8. The minimum absolute atomic E-state index is 0.0381. The van der Waals surface area contributed by atoms with Gasteiger partial charge in [0.05, 0.1) is 17.3 Å².